The van der Waals surface area contributed by atoms with Crippen molar-refractivity contribution < 1.29 is 49.1 Å². The highest BCUT2D eigenvalue weighted by Crippen LogP contribution is 2.29. The van der Waals surface area contributed by atoms with Gasteiger partial charge in [-0.15, -0.1) is 0 Å². The Morgan fingerprint density at radius 3 is 1.27 bits per heavy atom. The third kappa shape index (κ3) is 16.0. The van der Waals surface area contributed by atoms with Gasteiger partial charge in [0.2, 0.25) is 11.8 Å². The molecule has 4 rings (SSSR count). The van der Waals surface area contributed by atoms with Crippen LogP contribution in [0.15, 0.2) is 72.8 Å². The van der Waals surface area contributed by atoms with Gasteiger partial charge in [0.25, 0.3) is 0 Å². The van der Waals surface area contributed by atoms with Crippen molar-refractivity contribution in [3.8, 4) is 23.0 Å². The van der Waals surface area contributed by atoms with Crippen LogP contribution in [0, 0.1) is 14.3 Å². The molecule has 2 unspecified atom stereocenters. The topological polar surface area (TPSA) is 192 Å². The molecule has 0 saturated heterocycles. The summed E-state index contributed by atoms with van der Waals surface area (Å²) >= 11 is 8.16. The Labute approximate surface area is 380 Å². The monoisotopic (exact) mass is 1220 g/mol. The molecule has 0 aliphatic carbocycles. The van der Waals surface area contributed by atoms with Gasteiger partial charge in [-0.2, -0.15) is 0 Å². The van der Waals surface area contributed by atoms with Gasteiger partial charge in [-0.3, -0.25) is 9.59 Å². The van der Waals surface area contributed by atoms with Gasteiger partial charge >= 0.3 is 11.9 Å². The number of carbonyl (C=O) groups is 4. The summed E-state index contributed by atoms with van der Waals surface area (Å²) in [7, 11) is 0. The number of carbonyl (C=O) groups excluding carboxylic acids is 4. The smallest absolute Gasteiger partial charge is 0.328 e. The lowest BCUT2D eigenvalue weighted by Gasteiger charge is -2.18. The summed E-state index contributed by atoms with van der Waals surface area (Å²) in [6.45, 7) is 3.88. The fourth-order valence-electron chi connectivity index (χ4n) is 5.19. The first-order valence-corrected chi connectivity index (χ1v) is 21.7. The largest absolute Gasteiger partial charge is 0.508 e. The predicted molar refractivity (Wildman–Crippen MR) is 244 cm³/mol. The van der Waals surface area contributed by atoms with E-state index < -0.39 is 24.0 Å². The van der Waals surface area contributed by atoms with Crippen molar-refractivity contribution in [2.75, 3.05) is 13.2 Å². The van der Waals surface area contributed by atoms with Crippen molar-refractivity contribution in [1.82, 2.24) is 10.6 Å². The van der Waals surface area contributed by atoms with Crippen LogP contribution in [0.2, 0.25) is 0 Å². The highest BCUT2D eigenvalue weighted by molar-refractivity contribution is 14.1. The molecule has 0 fully saturated rings. The third-order valence-corrected chi connectivity index (χ3v) is 11.3. The fraction of sp³-hybridized carbons (Fsp3) is 0.300. The lowest BCUT2D eigenvalue weighted by Crippen LogP contribution is -2.43. The minimum atomic E-state index is -0.802. The van der Waals surface area contributed by atoms with Crippen molar-refractivity contribution >= 4 is 114 Å². The number of halogens is 4. The summed E-state index contributed by atoms with van der Waals surface area (Å²) in [4.78, 5) is 49.3. The number of aromatic hydroxyl groups is 4. The van der Waals surface area contributed by atoms with Crippen molar-refractivity contribution in [2.24, 2.45) is 0 Å². The van der Waals surface area contributed by atoms with E-state index in [0.29, 0.717) is 20.0 Å². The maximum Gasteiger partial charge on any atom is 0.328 e. The number of ether oxygens (including phenoxy) is 2. The molecular formula is C40H42I4N2O10. The molecule has 12 nitrogen and oxygen atoms in total. The summed E-state index contributed by atoms with van der Waals surface area (Å²) in [6, 6.07) is 18.8. The number of nitrogens with one attached hydrogen (secondary N) is 2. The van der Waals surface area contributed by atoms with Gasteiger partial charge in [-0.25, -0.2) is 9.59 Å². The summed E-state index contributed by atoms with van der Waals surface area (Å²) in [6.07, 6.45) is 1.97. The van der Waals surface area contributed by atoms with Crippen LogP contribution >= 0.6 is 90.4 Å². The zero-order chi connectivity index (χ0) is 41.4. The number of esters is 2. The van der Waals surface area contributed by atoms with Crippen LogP contribution in [0.3, 0.4) is 0 Å². The average molecular weight is 1220 g/mol. The van der Waals surface area contributed by atoms with E-state index >= 15 is 0 Å². The maximum atomic E-state index is 12.4. The number of rotatable bonds is 16. The summed E-state index contributed by atoms with van der Waals surface area (Å²) in [5, 5.41) is 43.9. The van der Waals surface area contributed by atoms with Crippen LogP contribution < -0.4 is 10.6 Å². The molecule has 16 heteroatoms. The molecule has 0 heterocycles. The van der Waals surface area contributed by atoms with Crippen LogP contribution in [0.1, 0.15) is 48.9 Å². The van der Waals surface area contributed by atoms with E-state index in [4.69, 9.17) is 9.47 Å². The summed E-state index contributed by atoms with van der Waals surface area (Å²) in [5.74, 6) is -0.728. The molecule has 4 aromatic rings. The Morgan fingerprint density at radius 2 is 0.875 bits per heavy atom. The van der Waals surface area contributed by atoms with Gasteiger partial charge in [0.1, 0.15) is 35.1 Å². The van der Waals surface area contributed by atoms with Crippen LogP contribution in [-0.4, -0.2) is 69.5 Å². The Bertz CT molecular complexity index is 1910. The minimum absolute atomic E-state index is 0.138. The molecule has 2 amide bonds. The Balaban J connectivity index is 0.000000300. The third-order valence-electron chi connectivity index (χ3n) is 8.00. The Kier molecular flexibility index (Phi) is 20.2. The molecule has 0 aliphatic rings. The van der Waals surface area contributed by atoms with Gasteiger partial charge in [0.15, 0.2) is 0 Å². The summed E-state index contributed by atoms with van der Waals surface area (Å²) in [5.41, 5.74) is 3.48. The standard InChI is InChI=1S/2C20H21I2NO5/c1-2-28-20(27)17(11-12-3-6-14(24)7-4-12)23-18(25)8-5-13-9-15(21)19(26)16(22)10-13;1-2-28-20(27)17(11-13-9-15(21)19(26)16(22)10-13)23-18(25)8-5-12-3-6-14(24)7-4-12/h2*3-4,6-7,9-10,17,24,26H,2,5,8,11H2,1H3,(H,23,25). The van der Waals surface area contributed by atoms with E-state index in [2.05, 4.69) is 55.8 Å². The quantitative estimate of drug-likeness (QED) is 0.0500. The van der Waals surface area contributed by atoms with E-state index in [-0.39, 0.29) is 73.7 Å². The maximum absolute atomic E-state index is 12.4. The first-order valence-electron chi connectivity index (χ1n) is 17.4. The number of hydrogen-bond acceptors (Lipinski definition) is 10. The molecule has 56 heavy (non-hydrogen) atoms. The van der Waals surface area contributed by atoms with E-state index in [1.165, 1.54) is 12.1 Å². The second kappa shape index (κ2) is 24.0. The molecule has 2 atom stereocenters. The van der Waals surface area contributed by atoms with Crippen molar-refractivity contribution in [1.29, 1.82) is 0 Å². The molecule has 0 spiro atoms. The molecule has 0 saturated carbocycles. The number of benzene rings is 4. The van der Waals surface area contributed by atoms with Gasteiger partial charge in [-0.1, -0.05) is 24.3 Å². The lowest BCUT2D eigenvalue weighted by molar-refractivity contribution is -0.147. The van der Waals surface area contributed by atoms with E-state index in [0.717, 1.165) is 29.4 Å². The zero-order valence-electron chi connectivity index (χ0n) is 30.5. The van der Waals surface area contributed by atoms with Crippen molar-refractivity contribution in [2.45, 2.75) is 64.5 Å². The predicted octanol–water partition coefficient (Wildman–Crippen LogP) is 7.06. The SMILES string of the molecule is CCOC(=O)C(Cc1cc(I)c(O)c(I)c1)NC(=O)CCc1ccc(O)cc1.CCOC(=O)C(Cc1ccc(O)cc1)NC(=O)CCc1cc(I)c(O)c(I)c1. The van der Waals surface area contributed by atoms with Crippen LogP contribution in [0.25, 0.3) is 0 Å². The number of phenolic OH excluding ortho intramolecular Hbond substituents is 4. The van der Waals surface area contributed by atoms with Gasteiger partial charge in [0.05, 0.1) is 27.5 Å². The second-order valence-electron chi connectivity index (χ2n) is 12.3. The van der Waals surface area contributed by atoms with E-state index in [9.17, 15) is 39.6 Å². The minimum Gasteiger partial charge on any atom is -0.508 e. The normalized spacial score (nSPS) is 11.7. The zero-order valence-corrected chi connectivity index (χ0v) is 39.1. The Hall–Kier alpha value is -3.12. The van der Waals surface area contributed by atoms with E-state index in [1.807, 2.05) is 57.3 Å². The molecule has 0 radical (unpaired) electrons. The molecule has 300 valence electrons. The highest BCUT2D eigenvalue weighted by atomic mass is 127. The molecule has 0 aromatic heterocycles. The molecular weight excluding hydrogens is 1180 g/mol. The number of aryl methyl sites for hydroxylation is 2. The number of hydrogen-bond donors (Lipinski definition) is 6. The molecule has 0 aliphatic heterocycles. The average Bonchev–Trinajstić information content (AvgIpc) is 3.15. The Morgan fingerprint density at radius 1 is 0.536 bits per heavy atom. The lowest BCUT2D eigenvalue weighted by atomic mass is 10.0. The summed E-state index contributed by atoms with van der Waals surface area (Å²) < 4.78 is 13.0. The van der Waals surface area contributed by atoms with Crippen molar-refractivity contribution in [3.05, 3.63) is 109 Å². The molecule has 0 bridgehead atoms. The van der Waals surface area contributed by atoms with Crippen molar-refractivity contribution in [3.63, 3.8) is 0 Å². The van der Waals surface area contributed by atoms with Crippen LogP contribution in [0.5, 0.6) is 23.0 Å². The first kappa shape index (κ1) is 47.3. The van der Waals surface area contributed by atoms with Gasteiger partial charge in [0, 0.05) is 25.7 Å². The van der Waals surface area contributed by atoms with E-state index in [1.54, 1.807) is 62.4 Å². The fourth-order valence-corrected chi connectivity index (χ4v) is 8.98. The molecule has 4 aromatic carbocycles. The van der Waals surface area contributed by atoms with Gasteiger partial charge < -0.3 is 40.5 Å². The molecule has 6 N–H and O–H groups in total. The van der Waals surface area contributed by atoms with Crippen LogP contribution in [0.4, 0.5) is 0 Å². The number of amides is 2. The first-order chi connectivity index (χ1) is 26.6. The second-order valence-corrected chi connectivity index (χ2v) is 17.0. The van der Waals surface area contributed by atoms with Gasteiger partial charge in [-0.05, 0) is 188 Å². The van der Waals surface area contributed by atoms with Crippen LogP contribution in [-0.2, 0) is 54.3 Å². The number of phenols is 4. The highest BCUT2D eigenvalue weighted by Gasteiger charge is 2.24.